The average molecular weight is 421 g/mol. The summed E-state index contributed by atoms with van der Waals surface area (Å²) in [5, 5.41) is 2.96. The highest BCUT2D eigenvalue weighted by molar-refractivity contribution is 7.94. The Bertz CT molecular complexity index is 1070. The SMILES string of the molecule is CCc1cccc(C)c1NC(=O)c1ccc(N2C(=O)[C@H](C)CS2(=O)=O)cc1Cl. The van der Waals surface area contributed by atoms with Crippen molar-refractivity contribution in [1.29, 1.82) is 0 Å². The maximum atomic E-state index is 12.7. The zero-order valence-electron chi connectivity index (χ0n) is 15.8. The second kappa shape index (κ2) is 7.56. The molecule has 1 aliphatic rings. The molecule has 0 spiro atoms. The van der Waals surface area contributed by atoms with Gasteiger partial charge in [-0.25, -0.2) is 12.7 Å². The molecule has 1 aliphatic heterocycles. The van der Waals surface area contributed by atoms with E-state index in [0.29, 0.717) is 0 Å². The smallest absolute Gasteiger partial charge is 0.257 e. The van der Waals surface area contributed by atoms with Gasteiger partial charge in [0.05, 0.1) is 27.9 Å². The van der Waals surface area contributed by atoms with E-state index in [1.165, 1.54) is 18.2 Å². The number of carbonyl (C=O) groups excluding carboxylic acids is 2. The summed E-state index contributed by atoms with van der Waals surface area (Å²) in [6.07, 6.45) is 0.761. The van der Waals surface area contributed by atoms with Crippen molar-refractivity contribution in [2.24, 2.45) is 5.92 Å². The largest absolute Gasteiger partial charge is 0.321 e. The number of sulfonamides is 1. The summed E-state index contributed by atoms with van der Waals surface area (Å²) in [6.45, 7) is 5.47. The van der Waals surface area contributed by atoms with Crippen LogP contribution in [0.25, 0.3) is 0 Å². The van der Waals surface area contributed by atoms with E-state index in [1.807, 2.05) is 32.0 Å². The minimum atomic E-state index is -3.73. The Morgan fingerprint density at radius 2 is 2.00 bits per heavy atom. The van der Waals surface area contributed by atoms with E-state index in [2.05, 4.69) is 5.32 Å². The maximum Gasteiger partial charge on any atom is 0.257 e. The van der Waals surface area contributed by atoms with Gasteiger partial charge in [-0.1, -0.05) is 43.6 Å². The molecular weight excluding hydrogens is 400 g/mol. The molecule has 0 aromatic heterocycles. The van der Waals surface area contributed by atoms with Gasteiger partial charge in [-0.2, -0.15) is 0 Å². The quantitative estimate of drug-likeness (QED) is 0.815. The van der Waals surface area contributed by atoms with Crippen molar-refractivity contribution in [3.8, 4) is 0 Å². The number of halogens is 1. The van der Waals surface area contributed by atoms with Gasteiger partial charge in [0.2, 0.25) is 15.9 Å². The molecular formula is C20H21ClN2O4S. The number of carbonyl (C=O) groups is 2. The van der Waals surface area contributed by atoms with E-state index in [9.17, 15) is 18.0 Å². The van der Waals surface area contributed by atoms with Crippen molar-refractivity contribution < 1.29 is 18.0 Å². The van der Waals surface area contributed by atoms with Crippen LogP contribution in [0.5, 0.6) is 0 Å². The number of benzene rings is 2. The molecule has 8 heteroatoms. The fourth-order valence-electron chi connectivity index (χ4n) is 3.28. The Morgan fingerprint density at radius 3 is 2.57 bits per heavy atom. The van der Waals surface area contributed by atoms with Gasteiger partial charge in [-0.15, -0.1) is 0 Å². The molecule has 1 saturated heterocycles. The predicted molar refractivity (Wildman–Crippen MR) is 110 cm³/mol. The number of rotatable bonds is 4. The topological polar surface area (TPSA) is 83.6 Å². The second-order valence-electron chi connectivity index (χ2n) is 6.86. The van der Waals surface area contributed by atoms with Gasteiger partial charge in [0.15, 0.2) is 0 Å². The first-order valence-corrected chi connectivity index (χ1v) is 10.9. The minimum Gasteiger partial charge on any atom is -0.321 e. The van der Waals surface area contributed by atoms with E-state index in [0.717, 1.165) is 27.5 Å². The normalized spacial score (nSPS) is 18.4. The fourth-order valence-corrected chi connectivity index (χ4v) is 5.36. The van der Waals surface area contributed by atoms with E-state index in [-0.39, 0.29) is 22.0 Å². The van der Waals surface area contributed by atoms with Gasteiger partial charge in [0, 0.05) is 5.69 Å². The molecule has 0 bridgehead atoms. The van der Waals surface area contributed by atoms with Crippen LogP contribution in [0.15, 0.2) is 36.4 Å². The third-order valence-corrected chi connectivity index (χ3v) is 6.95. The predicted octanol–water partition coefficient (Wildman–Crippen LogP) is 3.78. The van der Waals surface area contributed by atoms with Crippen molar-refractivity contribution in [1.82, 2.24) is 0 Å². The monoisotopic (exact) mass is 420 g/mol. The van der Waals surface area contributed by atoms with E-state index >= 15 is 0 Å². The van der Waals surface area contributed by atoms with Gasteiger partial charge >= 0.3 is 0 Å². The number of hydrogen-bond acceptors (Lipinski definition) is 4. The Balaban J connectivity index is 1.92. The lowest BCUT2D eigenvalue weighted by atomic mass is 10.1. The third-order valence-electron chi connectivity index (χ3n) is 4.77. The van der Waals surface area contributed by atoms with Gasteiger partial charge < -0.3 is 5.32 Å². The molecule has 2 aromatic rings. The van der Waals surface area contributed by atoms with Gasteiger partial charge in [0.25, 0.3) is 5.91 Å². The van der Waals surface area contributed by atoms with Crippen LogP contribution in [0.2, 0.25) is 5.02 Å². The van der Waals surface area contributed by atoms with Gasteiger partial charge in [0.1, 0.15) is 0 Å². The highest BCUT2D eigenvalue weighted by atomic mass is 35.5. The van der Waals surface area contributed by atoms with Crippen LogP contribution < -0.4 is 9.62 Å². The molecule has 1 fully saturated rings. The Morgan fingerprint density at radius 1 is 1.29 bits per heavy atom. The zero-order chi connectivity index (χ0) is 20.6. The van der Waals surface area contributed by atoms with Crippen LogP contribution in [0.1, 0.15) is 35.3 Å². The lowest BCUT2D eigenvalue weighted by Gasteiger charge is -2.17. The number of nitrogens with zero attached hydrogens (tertiary/aromatic N) is 1. The summed E-state index contributed by atoms with van der Waals surface area (Å²) < 4.78 is 25.3. The second-order valence-corrected chi connectivity index (χ2v) is 9.13. The maximum absolute atomic E-state index is 12.7. The molecule has 2 amide bonds. The molecule has 1 atom stereocenters. The van der Waals surface area contributed by atoms with Crippen molar-refractivity contribution in [2.45, 2.75) is 27.2 Å². The standard InChI is InChI=1S/C20H21ClN2O4S/c1-4-14-7-5-6-12(2)18(14)22-19(24)16-9-8-15(10-17(16)21)23-20(25)13(3)11-28(23,26)27/h5-10,13H,4,11H2,1-3H3,(H,22,24)/t13-/m1/s1. The van der Waals surface area contributed by atoms with Crippen LogP contribution in [0, 0.1) is 12.8 Å². The summed E-state index contributed by atoms with van der Waals surface area (Å²) in [4.78, 5) is 25.0. The summed E-state index contributed by atoms with van der Waals surface area (Å²) in [7, 11) is -3.73. The number of nitrogens with one attached hydrogen (secondary N) is 1. The van der Waals surface area contributed by atoms with Crippen LogP contribution in [0.3, 0.4) is 0 Å². The Labute approximate surface area is 169 Å². The fraction of sp³-hybridized carbons (Fsp3) is 0.300. The van der Waals surface area contributed by atoms with Gasteiger partial charge in [-0.05, 0) is 42.7 Å². The highest BCUT2D eigenvalue weighted by Gasteiger charge is 2.42. The number of para-hydroxylation sites is 1. The lowest BCUT2D eigenvalue weighted by Crippen LogP contribution is -2.30. The summed E-state index contributed by atoms with van der Waals surface area (Å²) in [5.74, 6) is -1.75. The first-order chi connectivity index (χ1) is 13.2. The molecule has 148 valence electrons. The lowest BCUT2D eigenvalue weighted by molar-refractivity contribution is -0.119. The first kappa shape index (κ1) is 20.4. The third kappa shape index (κ3) is 3.64. The molecule has 0 aliphatic carbocycles. The number of hydrogen-bond donors (Lipinski definition) is 1. The van der Waals surface area contributed by atoms with Crippen LogP contribution >= 0.6 is 11.6 Å². The van der Waals surface area contributed by atoms with Gasteiger partial charge in [-0.3, -0.25) is 9.59 Å². The minimum absolute atomic E-state index is 0.0733. The van der Waals surface area contributed by atoms with Crippen molar-refractivity contribution in [3.05, 3.63) is 58.1 Å². The molecule has 0 unspecified atom stereocenters. The average Bonchev–Trinajstić information content (AvgIpc) is 2.83. The Hall–Kier alpha value is -2.38. The number of amides is 2. The molecule has 2 aromatic carbocycles. The van der Waals surface area contributed by atoms with E-state index in [1.54, 1.807) is 6.92 Å². The van der Waals surface area contributed by atoms with Crippen molar-refractivity contribution >= 4 is 44.8 Å². The van der Waals surface area contributed by atoms with Crippen LogP contribution in [-0.4, -0.2) is 26.0 Å². The first-order valence-electron chi connectivity index (χ1n) is 8.92. The zero-order valence-corrected chi connectivity index (χ0v) is 17.4. The molecule has 0 saturated carbocycles. The van der Waals surface area contributed by atoms with Crippen LogP contribution in [-0.2, 0) is 21.2 Å². The molecule has 28 heavy (non-hydrogen) atoms. The molecule has 0 radical (unpaired) electrons. The number of anilines is 2. The molecule has 1 N–H and O–H groups in total. The molecule has 3 rings (SSSR count). The molecule has 1 heterocycles. The van der Waals surface area contributed by atoms with E-state index < -0.39 is 27.8 Å². The van der Waals surface area contributed by atoms with Crippen molar-refractivity contribution in [3.63, 3.8) is 0 Å². The Kier molecular flexibility index (Phi) is 5.50. The van der Waals surface area contributed by atoms with Crippen molar-refractivity contribution in [2.75, 3.05) is 15.4 Å². The van der Waals surface area contributed by atoms with Crippen LogP contribution in [0.4, 0.5) is 11.4 Å². The molecule has 6 nitrogen and oxygen atoms in total. The number of aryl methyl sites for hydroxylation is 2. The summed E-state index contributed by atoms with van der Waals surface area (Å²) >= 11 is 6.27. The summed E-state index contributed by atoms with van der Waals surface area (Å²) in [5.41, 5.74) is 3.02. The summed E-state index contributed by atoms with van der Waals surface area (Å²) in [6, 6.07) is 9.97. The van der Waals surface area contributed by atoms with E-state index in [4.69, 9.17) is 11.6 Å². The highest BCUT2D eigenvalue weighted by Crippen LogP contribution is 2.32.